The second-order valence-corrected chi connectivity index (χ2v) is 6.25. The first-order chi connectivity index (χ1) is 11.8. The lowest BCUT2D eigenvalue weighted by molar-refractivity contribution is 0.935. The predicted molar refractivity (Wildman–Crippen MR) is 98.9 cm³/mol. The van der Waals surface area contributed by atoms with Gasteiger partial charge in [0.05, 0.1) is 5.75 Å². The Bertz CT molecular complexity index is 765. The zero-order valence-electron chi connectivity index (χ0n) is 13.2. The van der Waals surface area contributed by atoms with Gasteiger partial charge >= 0.3 is 0 Å². The lowest BCUT2D eigenvalue weighted by atomic mass is 10.1. The van der Waals surface area contributed by atoms with Crippen LogP contribution in [0.2, 0.25) is 0 Å². The van der Waals surface area contributed by atoms with E-state index >= 15 is 0 Å². The molecule has 0 radical (unpaired) electrons. The van der Waals surface area contributed by atoms with Crippen LogP contribution in [-0.4, -0.2) is 21.5 Å². The number of nitrogens with one attached hydrogen (secondary N) is 1. The molecule has 0 atom stereocenters. The van der Waals surface area contributed by atoms with Gasteiger partial charge in [-0.25, -0.2) is 0 Å². The largest absolute Gasteiger partial charge is 0.368 e. The smallest absolute Gasteiger partial charge is 0.227 e. The summed E-state index contributed by atoms with van der Waals surface area (Å²) >= 11 is 1.68. The molecule has 3 N–H and O–H groups in total. The zero-order valence-corrected chi connectivity index (χ0v) is 14.0. The standard InChI is InChI=1S/C18H19N5S/c19-17-21-16(13-24-15-9-5-2-6-10-15)22-18(23-17)20-12-11-14-7-3-1-4-8-14/h1-10H,11-13H2,(H3,19,20,21,22,23). The minimum absolute atomic E-state index is 0.246. The fourth-order valence-corrected chi connectivity index (χ4v) is 2.98. The first-order valence-electron chi connectivity index (χ1n) is 7.76. The van der Waals surface area contributed by atoms with Crippen molar-refractivity contribution in [1.29, 1.82) is 0 Å². The first-order valence-corrected chi connectivity index (χ1v) is 8.74. The third kappa shape index (κ3) is 4.96. The maximum Gasteiger partial charge on any atom is 0.227 e. The molecule has 1 heterocycles. The average molecular weight is 337 g/mol. The number of rotatable bonds is 7. The second kappa shape index (κ2) is 8.31. The van der Waals surface area contributed by atoms with Gasteiger partial charge in [0.25, 0.3) is 0 Å². The second-order valence-electron chi connectivity index (χ2n) is 5.20. The molecule has 0 fully saturated rings. The molecule has 3 rings (SSSR count). The molecule has 0 aliphatic heterocycles. The normalized spacial score (nSPS) is 10.5. The van der Waals surface area contributed by atoms with Gasteiger partial charge in [0.1, 0.15) is 5.82 Å². The van der Waals surface area contributed by atoms with E-state index < -0.39 is 0 Å². The SMILES string of the molecule is Nc1nc(CSc2ccccc2)nc(NCCc2ccccc2)n1. The molecule has 1 aromatic heterocycles. The van der Waals surface area contributed by atoms with Crippen molar-refractivity contribution in [2.24, 2.45) is 0 Å². The van der Waals surface area contributed by atoms with Crippen LogP contribution in [0.25, 0.3) is 0 Å². The summed E-state index contributed by atoms with van der Waals surface area (Å²) in [6, 6.07) is 20.4. The van der Waals surface area contributed by atoms with Crippen molar-refractivity contribution >= 4 is 23.7 Å². The van der Waals surface area contributed by atoms with Gasteiger partial charge in [0, 0.05) is 11.4 Å². The fourth-order valence-electron chi connectivity index (χ4n) is 2.21. The number of thioether (sulfide) groups is 1. The van der Waals surface area contributed by atoms with Gasteiger partial charge in [-0.15, -0.1) is 11.8 Å². The third-order valence-corrected chi connectivity index (χ3v) is 4.36. The topological polar surface area (TPSA) is 76.7 Å². The van der Waals surface area contributed by atoms with Gasteiger partial charge < -0.3 is 11.1 Å². The number of nitrogen functional groups attached to an aromatic ring is 1. The lowest BCUT2D eigenvalue weighted by Gasteiger charge is -2.07. The maximum absolute atomic E-state index is 5.80. The van der Waals surface area contributed by atoms with Crippen molar-refractivity contribution in [3.05, 3.63) is 72.1 Å². The van der Waals surface area contributed by atoms with E-state index in [4.69, 9.17) is 5.73 Å². The Morgan fingerprint density at radius 1 is 0.875 bits per heavy atom. The highest BCUT2D eigenvalue weighted by Crippen LogP contribution is 2.21. The molecule has 3 aromatic rings. The Morgan fingerprint density at radius 2 is 1.58 bits per heavy atom. The van der Waals surface area contributed by atoms with Gasteiger partial charge in [-0.05, 0) is 24.1 Å². The monoisotopic (exact) mass is 337 g/mol. The van der Waals surface area contributed by atoms with Crippen LogP contribution in [0, 0.1) is 0 Å². The van der Waals surface area contributed by atoms with E-state index in [1.165, 1.54) is 10.5 Å². The van der Waals surface area contributed by atoms with Crippen molar-refractivity contribution in [3.8, 4) is 0 Å². The van der Waals surface area contributed by atoms with E-state index in [1.54, 1.807) is 11.8 Å². The minimum atomic E-state index is 0.246. The quantitative estimate of drug-likeness (QED) is 0.644. The van der Waals surface area contributed by atoms with Crippen LogP contribution < -0.4 is 11.1 Å². The molecule has 6 heteroatoms. The number of nitrogens with two attached hydrogens (primary N) is 1. The number of hydrogen-bond donors (Lipinski definition) is 2. The molecule has 0 saturated heterocycles. The summed E-state index contributed by atoms with van der Waals surface area (Å²) < 4.78 is 0. The Balaban J connectivity index is 1.57. The van der Waals surface area contributed by atoms with E-state index in [0.717, 1.165) is 13.0 Å². The Morgan fingerprint density at radius 3 is 2.33 bits per heavy atom. The van der Waals surface area contributed by atoms with Gasteiger partial charge in [-0.3, -0.25) is 0 Å². The highest BCUT2D eigenvalue weighted by Gasteiger charge is 2.05. The summed E-state index contributed by atoms with van der Waals surface area (Å²) in [5.74, 6) is 2.11. The van der Waals surface area contributed by atoms with E-state index in [9.17, 15) is 0 Å². The predicted octanol–water partition coefficient (Wildman–Crippen LogP) is 3.40. The average Bonchev–Trinajstić information content (AvgIpc) is 2.61. The lowest BCUT2D eigenvalue weighted by Crippen LogP contribution is -2.11. The van der Waals surface area contributed by atoms with Crippen molar-refractivity contribution < 1.29 is 0 Å². The van der Waals surface area contributed by atoms with Crippen LogP contribution in [-0.2, 0) is 12.2 Å². The van der Waals surface area contributed by atoms with E-state index in [1.807, 2.05) is 36.4 Å². The van der Waals surface area contributed by atoms with Crippen molar-refractivity contribution in [2.45, 2.75) is 17.1 Å². The van der Waals surface area contributed by atoms with Crippen LogP contribution in [0.4, 0.5) is 11.9 Å². The first kappa shape index (κ1) is 16.3. The number of aromatic nitrogens is 3. The van der Waals surface area contributed by atoms with E-state index in [2.05, 4.69) is 44.5 Å². The van der Waals surface area contributed by atoms with E-state index in [-0.39, 0.29) is 5.95 Å². The highest BCUT2D eigenvalue weighted by molar-refractivity contribution is 7.98. The summed E-state index contributed by atoms with van der Waals surface area (Å²) in [6.07, 6.45) is 0.903. The fraction of sp³-hybridized carbons (Fsp3) is 0.167. The molecular formula is C18H19N5S. The van der Waals surface area contributed by atoms with Gasteiger partial charge in [0.15, 0.2) is 0 Å². The molecular weight excluding hydrogens is 318 g/mol. The molecule has 2 aromatic carbocycles. The molecule has 0 amide bonds. The third-order valence-electron chi connectivity index (χ3n) is 3.35. The Kier molecular flexibility index (Phi) is 5.63. The summed E-state index contributed by atoms with van der Waals surface area (Å²) in [7, 11) is 0. The van der Waals surface area contributed by atoms with Crippen molar-refractivity contribution in [1.82, 2.24) is 15.0 Å². The van der Waals surface area contributed by atoms with Crippen molar-refractivity contribution in [2.75, 3.05) is 17.6 Å². The maximum atomic E-state index is 5.80. The Labute approximate surface area is 145 Å². The molecule has 0 saturated carbocycles. The molecule has 5 nitrogen and oxygen atoms in total. The number of hydrogen-bond acceptors (Lipinski definition) is 6. The summed E-state index contributed by atoms with van der Waals surface area (Å²) in [5, 5.41) is 3.22. The van der Waals surface area contributed by atoms with Crippen LogP contribution in [0.5, 0.6) is 0 Å². The van der Waals surface area contributed by atoms with Crippen molar-refractivity contribution in [3.63, 3.8) is 0 Å². The zero-order chi connectivity index (χ0) is 16.6. The van der Waals surface area contributed by atoms with Gasteiger partial charge in [-0.1, -0.05) is 48.5 Å². The molecule has 0 spiro atoms. The molecule has 0 aliphatic carbocycles. The molecule has 0 unspecified atom stereocenters. The molecule has 24 heavy (non-hydrogen) atoms. The molecule has 0 aliphatic rings. The van der Waals surface area contributed by atoms with Crippen LogP contribution in [0.3, 0.4) is 0 Å². The molecule has 122 valence electrons. The number of benzene rings is 2. The van der Waals surface area contributed by atoms with Crippen LogP contribution in [0.15, 0.2) is 65.6 Å². The van der Waals surface area contributed by atoms with Crippen LogP contribution >= 0.6 is 11.8 Å². The van der Waals surface area contributed by atoms with E-state index in [0.29, 0.717) is 17.5 Å². The van der Waals surface area contributed by atoms with Gasteiger partial charge in [0.2, 0.25) is 11.9 Å². The summed E-state index contributed by atoms with van der Waals surface area (Å²) in [6.45, 7) is 0.749. The van der Waals surface area contributed by atoms with Crippen LogP contribution in [0.1, 0.15) is 11.4 Å². The van der Waals surface area contributed by atoms with Gasteiger partial charge in [-0.2, -0.15) is 15.0 Å². The summed E-state index contributed by atoms with van der Waals surface area (Å²) in [5.41, 5.74) is 7.07. The molecule has 0 bridgehead atoms. The Hall–Kier alpha value is -2.60. The summed E-state index contributed by atoms with van der Waals surface area (Å²) in [4.78, 5) is 14.0. The number of nitrogens with zero attached hydrogens (tertiary/aromatic N) is 3. The highest BCUT2D eigenvalue weighted by atomic mass is 32.2. The number of anilines is 2. The minimum Gasteiger partial charge on any atom is -0.368 e.